The first-order chi connectivity index (χ1) is 9.45. The highest BCUT2D eigenvalue weighted by atomic mass is 16.6. The van der Waals surface area contributed by atoms with E-state index in [0.29, 0.717) is 5.69 Å². The lowest BCUT2D eigenvalue weighted by Crippen LogP contribution is -2.40. The van der Waals surface area contributed by atoms with Crippen molar-refractivity contribution in [3.63, 3.8) is 0 Å². The van der Waals surface area contributed by atoms with E-state index in [2.05, 4.69) is 10.5 Å². The fourth-order valence-corrected chi connectivity index (χ4v) is 1.27. The van der Waals surface area contributed by atoms with Gasteiger partial charge >= 0.3 is 0 Å². The molecule has 0 aliphatic heterocycles. The maximum absolute atomic E-state index is 10.4. The minimum absolute atomic E-state index is 0.0685. The number of aliphatic hydroxyl groups excluding tert-OH is 4. The molecule has 5 N–H and O–H groups in total. The van der Waals surface area contributed by atoms with Crippen LogP contribution in [0, 0.1) is 10.1 Å². The van der Waals surface area contributed by atoms with Crippen molar-refractivity contribution in [3.8, 4) is 0 Å². The Labute approximate surface area is 114 Å². The normalized spacial score (nSPS) is 15.8. The quantitative estimate of drug-likeness (QED) is 0.247. The maximum Gasteiger partial charge on any atom is 0.269 e. The van der Waals surface area contributed by atoms with Gasteiger partial charge in [0.15, 0.2) is 0 Å². The lowest BCUT2D eigenvalue weighted by atomic mass is 10.1. The number of hydrazone groups is 1. The summed E-state index contributed by atoms with van der Waals surface area (Å²) in [6.07, 6.45) is -3.58. The van der Waals surface area contributed by atoms with Gasteiger partial charge in [0, 0.05) is 12.1 Å². The zero-order valence-electron chi connectivity index (χ0n) is 10.3. The molecule has 0 heterocycles. The molecule has 0 amide bonds. The van der Waals surface area contributed by atoms with Crippen molar-refractivity contribution in [1.29, 1.82) is 0 Å². The van der Waals surface area contributed by atoms with Crippen LogP contribution in [0.2, 0.25) is 0 Å². The van der Waals surface area contributed by atoms with Crippen LogP contribution in [0.5, 0.6) is 0 Å². The molecule has 0 radical (unpaired) electrons. The smallest absolute Gasteiger partial charge is 0.269 e. The topological polar surface area (TPSA) is 148 Å². The molecule has 0 unspecified atom stereocenters. The molecule has 0 fully saturated rings. The molecule has 110 valence electrons. The zero-order chi connectivity index (χ0) is 15.1. The molecule has 0 bridgehead atoms. The van der Waals surface area contributed by atoms with Crippen LogP contribution < -0.4 is 5.43 Å². The maximum atomic E-state index is 10.4. The van der Waals surface area contributed by atoms with E-state index < -0.39 is 29.8 Å². The van der Waals surface area contributed by atoms with Crippen molar-refractivity contribution in [1.82, 2.24) is 0 Å². The molecule has 0 aliphatic rings. The Balaban J connectivity index is 2.53. The molecule has 0 saturated carbocycles. The first-order valence-corrected chi connectivity index (χ1v) is 5.64. The SMILES string of the molecule is O=[N+]([O-])c1ccc(N/N=C/[C@@H](O)[C@H](O)[C@@H](O)CO)cc1. The Kier molecular flexibility index (Phi) is 6.00. The summed E-state index contributed by atoms with van der Waals surface area (Å²) in [6.45, 7) is -0.693. The molecule has 9 heteroatoms. The summed E-state index contributed by atoms with van der Waals surface area (Å²) in [5, 5.41) is 50.5. The Morgan fingerprint density at radius 2 is 1.90 bits per heavy atom. The van der Waals surface area contributed by atoms with E-state index in [0.717, 1.165) is 6.21 Å². The molecule has 3 atom stereocenters. The summed E-state index contributed by atoms with van der Waals surface area (Å²) in [7, 11) is 0. The first kappa shape index (κ1) is 16.0. The predicted molar refractivity (Wildman–Crippen MR) is 70.3 cm³/mol. The number of aliphatic hydroxyl groups is 4. The van der Waals surface area contributed by atoms with E-state index >= 15 is 0 Å². The van der Waals surface area contributed by atoms with Gasteiger partial charge in [-0.1, -0.05) is 0 Å². The number of nitrogens with one attached hydrogen (secondary N) is 1. The second-order valence-electron chi connectivity index (χ2n) is 3.93. The van der Waals surface area contributed by atoms with Crippen molar-refractivity contribution >= 4 is 17.6 Å². The number of hydrogen-bond donors (Lipinski definition) is 5. The van der Waals surface area contributed by atoms with Crippen LogP contribution in [0.4, 0.5) is 11.4 Å². The van der Waals surface area contributed by atoms with Crippen LogP contribution in [-0.4, -0.2) is 56.5 Å². The van der Waals surface area contributed by atoms with Crippen molar-refractivity contribution in [2.75, 3.05) is 12.0 Å². The fraction of sp³-hybridized carbons (Fsp3) is 0.364. The van der Waals surface area contributed by atoms with E-state index in [1.165, 1.54) is 24.3 Å². The Hall–Kier alpha value is -2.07. The van der Waals surface area contributed by atoms with Gasteiger partial charge in [-0.25, -0.2) is 0 Å². The molecule has 1 aromatic carbocycles. The van der Waals surface area contributed by atoms with Gasteiger partial charge < -0.3 is 20.4 Å². The van der Waals surface area contributed by atoms with Crippen LogP contribution in [0.25, 0.3) is 0 Å². The van der Waals surface area contributed by atoms with E-state index in [-0.39, 0.29) is 5.69 Å². The van der Waals surface area contributed by atoms with Crippen LogP contribution in [0.3, 0.4) is 0 Å². The standard InChI is InChI=1S/C11H15N3O6/c15-6-10(17)11(18)9(16)5-12-13-7-1-3-8(4-2-7)14(19)20/h1-5,9-11,13,15-18H,6H2/b12-5+/t9-,10+,11+/m1/s1. The number of nitro benzene ring substituents is 1. The van der Waals surface area contributed by atoms with Gasteiger partial charge in [0.25, 0.3) is 5.69 Å². The van der Waals surface area contributed by atoms with Gasteiger partial charge in [-0.3, -0.25) is 15.5 Å². The Morgan fingerprint density at radius 3 is 2.40 bits per heavy atom. The van der Waals surface area contributed by atoms with E-state index in [1.54, 1.807) is 0 Å². The van der Waals surface area contributed by atoms with Crippen LogP contribution in [0.15, 0.2) is 29.4 Å². The van der Waals surface area contributed by atoms with Crippen molar-refractivity contribution in [3.05, 3.63) is 34.4 Å². The van der Waals surface area contributed by atoms with Gasteiger partial charge in [-0.05, 0) is 12.1 Å². The monoisotopic (exact) mass is 285 g/mol. The van der Waals surface area contributed by atoms with Crippen LogP contribution >= 0.6 is 0 Å². The molecule has 0 spiro atoms. The largest absolute Gasteiger partial charge is 0.394 e. The van der Waals surface area contributed by atoms with Gasteiger partial charge in [0.2, 0.25) is 0 Å². The molecule has 0 aliphatic carbocycles. The number of anilines is 1. The number of non-ortho nitro benzene ring substituents is 1. The van der Waals surface area contributed by atoms with Crippen molar-refractivity contribution in [2.45, 2.75) is 18.3 Å². The highest BCUT2D eigenvalue weighted by Gasteiger charge is 2.22. The molecule has 1 aromatic rings. The lowest BCUT2D eigenvalue weighted by molar-refractivity contribution is -0.384. The number of benzene rings is 1. The molecule has 0 aromatic heterocycles. The third-order valence-electron chi connectivity index (χ3n) is 2.43. The van der Waals surface area contributed by atoms with Crippen molar-refractivity contribution < 1.29 is 25.3 Å². The third-order valence-corrected chi connectivity index (χ3v) is 2.43. The highest BCUT2D eigenvalue weighted by molar-refractivity contribution is 5.65. The summed E-state index contributed by atoms with van der Waals surface area (Å²) in [5.41, 5.74) is 2.86. The first-order valence-electron chi connectivity index (χ1n) is 5.64. The molecule has 0 saturated heterocycles. The highest BCUT2D eigenvalue weighted by Crippen LogP contribution is 2.15. The predicted octanol–water partition coefficient (Wildman–Crippen LogP) is -0.933. The van der Waals surface area contributed by atoms with Gasteiger partial charge in [-0.15, -0.1) is 0 Å². The number of rotatable bonds is 7. The van der Waals surface area contributed by atoms with Crippen LogP contribution in [-0.2, 0) is 0 Å². The average Bonchev–Trinajstić information content (AvgIpc) is 2.45. The summed E-state index contributed by atoms with van der Waals surface area (Å²) in [4.78, 5) is 9.90. The summed E-state index contributed by atoms with van der Waals surface area (Å²) in [6, 6.07) is 5.39. The molecular weight excluding hydrogens is 270 g/mol. The zero-order valence-corrected chi connectivity index (χ0v) is 10.3. The second kappa shape index (κ2) is 7.50. The summed E-state index contributed by atoms with van der Waals surface area (Å²) < 4.78 is 0. The molecule has 20 heavy (non-hydrogen) atoms. The Bertz CT molecular complexity index is 464. The summed E-state index contributed by atoms with van der Waals surface area (Å²) >= 11 is 0. The minimum atomic E-state index is -1.57. The van der Waals surface area contributed by atoms with E-state index in [4.69, 9.17) is 10.2 Å². The third kappa shape index (κ3) is 4.55. The average molecular weight is 285 g/mol. The van der Waals surface area contributed by atoms with Gasteiger partial charge in [0.05, 0.1) is 23.4 Å². The molecule has 1 rings (SSSR count). The minimum Gasteiger partial charge on any atom is -0.394 e. The molecule has 9 nitrogen and oxygen atoms in total. The number of hydrogen-bond acceptors (Lipinski definition) is 8. The second-order valence-corrected chi connectivity index (χ2v) is 3.93. The van der Waals surface area contributed by atoms with Gasteiger partial charge in [0.1, 0.15) is 18.3 Å². The summed E-state index contributed by atoms with van der Waals surface area (Å²) in [5.74, 6) is 0. The van der Waals surface area contributed by atoms with E-state index in [9.17, 15) is 20.3 Å². The number of nitro groups is 1. The van der Waals surface area contributed by atoms with Crippen LogP contribution in [0.1, 0.15) is 0 Å². The molecular formula is C11H15N3O6. The Morgan fingerprint density at radius 1 is 1.30 bits per heavy atom. The lowest BCUT2D eigenvalue weighted by Gasteiger charge is -2.18. The number of nitrogens with zero attached hydrogens (tertiary/aromatic N) is 2. The fourth-order valence-electron chi connectivity index (χ4n) is 1.27. The van der Waals surface area contributed by atoms with Crippen molar-refractivity contribution in [2.24, 2.45) is 5.10 Å². The van der Waals surface area contributed by atoms with E-state index in [1.807, 2.05) is 0 Å². The van der Waals surface area contributed by atoms with Gasteiger partial charge in [-0.2, -0.15) is 5.10 Å².